The van der Waals surface area contributed by atoms with E-state index >= 15 is 0 Å². The summed E-state index contributed by atoms with van der Waals surface area (Å²) in [4.78, 5) is 12.3. The Morgan fingerprint density at radius 2 is 1.83 bits per heavy atom. The molecule has 2 aromatic rings. The number of aryl methyl sites for hydroxylation is 1. The molecule has 0 fully saturated rings. The Labute approximate surface area is 137 Å². The summed E-state index contributed by atoms with van der Waals surface area (Å²) in [5.74, 6) is 1.24. The second kappa shape index (κ2) is 7.54. The number of hydrogen-bond acceptors (Lipinski definition) is 8. The predicted octanol–water partition coefficient (Wildman–Crippen LogP) is 1.64. The molecule has 122 valence electrons. The second-order valence-corrected chi connectivity index (χ2v) is 5.09. The van der Waals surface area contributed by atoms with Gasteiger partial charge in [0.1, 0.15) is 10.6 Å². The topological polar surface area (TPSA) is 94.9 Å². The van der Waals surface area contributed by atoms with Gasteiger partial charge in [-0.1, -0.05) is 4.49 Å². The van der Waals surface area contributed by atoms with Crippen LogP contribution in [0.1, 0.15) is 20.9 Å². The number of hydrogen-bond donors (Lipinski definition) is 1. The molecule has 23 heavy (non-hydrogen) atoms. The van der Waals surface area contributed by atoms with Crippen molar-refractivity contribution in [1.29, 1.82) is 0 Å². The Bertz CT molecular complexity index is 730. The van der Waals surface area contributed by atoms with E-state index in [1.54, 1.807) is 19.1 Å². The summed E-state index contributed by atoms with van der Waals surface area (Å²) in [6.07, 6.45) is 1.46. The van der Waals surface area contributed by atoms with Crippen molar-refractivity contribution in [2.75, 3.05) is 21.3 Å². The monoisotopic (exact) mass is 336 g/mol. The normalized spacial score (nSPS) is 10.6. The zero-order valence-electron chi connectivity index (χ0n) is 13.1. The summed E-state index contributed by atoms with van der Waals surface area (Å²) < 4.78 is 19.4. The molecule has 0 aliphatic carbocycles. The summed E-state index contributed by atoms with van der Waals surface area (Å²) in [6.45, 7) is 1.71. The lowest BCUT2D eigenvalue weighted by Gasteiger charge is -2.11. The first-order valence-electron chi connectivity index (χ1n) is 6.53. The molecule has 0 atom stereocenters. The number of carbonyl (C=O) groups excluding carboxylic acids is 1. The standard InChI is InChI=1S/C14H16N4O4S/c1-8-13(23-18-16-8)14(19)17-15-7-9-5-11(21-3)12(22-4)6-10(9)20-2/h5-7H,1-4H3,(H,17,19)/b15-7+. The minimum Gasteiger partial charge on any atom is -0.496 e. The van der Waals surface area contributed by atoms with E-state index in [-0.39, 0.29) is 5.91 Å². The number of rotatable bonds is 6. The third kappa shape index (κ3) is 3.75. The fourth-order valence-corrected chi connectivity index (χ4v) is 2.35. The molecule has 0 spiro atoms. The molecule has 0 bridgehead atoms. The van der Waals surface area contributed by atoms with Crippen molar-refractivity contribution in [3.05, 3.63) is 28.3 Å². The van der Waals surface area contributed by atoms with Crippen LogP contribution in [0.5, 0.6) is 17.2 Å². The first-order valence-corrected chi connectivity index (χ1v) is 7.30. The predicted molar refractivity (Wildman–Crippen MR) is 85.8 cm³/mol. The van der Waals surface area contributed by atoms with Gasteiger partial charge in [-0.3, -0.25) is 4.79 Å². The van der Waals surface area contributed by atoms with Crippen LogP contribution in [0.4, 0.5) is 0 Å². The highest BCUT2D eigenvalue weighted by Gasteiger charge is 2.13. The summed E-state index contributed by atoms with van der Waals surface area (Å²) in [5.41, 5.74) is 3.62. The van der Waals surface area contributed by atoms with Gasteiger partial charge in [0.05, 0.1) is 33.2 Å². The molecule has 0 unspecified atom stereocenters. The van der Waals surface area contributed by atoms with Crippen molar-refractivity contribution >= 4 is 23.7 Å². The fourth-order valence-electron chi connectivity index (χ4n) is 1.80. The number of ether oxygens (including phenoxy) is 3. The van der Waals surface area contributed by atoms with Gasteiger partial charge in [-0.15, -0.1) is 5.10 Å². The first kappa shape index (κ1) is 16.7. The zero-order chi connectivity index (χ0) is 16.8. The van der Waals surface area contributed by atoms with Crippen molar-refractivity contribution in [1.82, 2.24) is 15.0 Å². The van der Waals surface area contributed by atoms with Crippen molar-refractivity contribution in [2.24, 2.45) is 5.10 Å². The van der Waals surface area contributed by atoms with E-state index in [2.05, 4.69) is 20.1 Å². The van der Waals surface area contributed by atoms with Crippen LogP contribution in [-0.2, 0) is 0 Å². The third-order valence-corrected chi connectivity index (χ3v) is 3.79. The Balaban J connectivity index is 2.18. The molecule has 0 aliphatic rings. The lowest BCUT2D eigenvalue weighted by atomic mass is 10.2. The van der Waals surface area contributed by atoms with Gasteiger partial charge in [0, 0.05) is 11.6 Å². The molecule has 0 saturated carbocycles. The zero-order valence-corrected chi connectivity index (χ0v) is 13.9. The van der Waals surface area contributed by atoms with Crippen molar-refractivity contribution < 1.29 is 19.0 Å². The summed E-state index contributed by atoms with van der Waals surface area (Å²) >= 11 is 1.01. The van der Waals surface area contributed by atoms with E-state index in [9.17, 15) is 4.79 Å². The Hall–Kier alpha value is -2.68. The maximum Gasteiger partial charge on any atom is 0.285 e. The fraction of sp³-hybridized carbons (Fsp3) is 0.286. The van der Waals surface area contributed by atoms with Gasteiger partial charge in [-0.05, 0) is 24.5 Å². The molecule has 8 nitrogen and oxygen atoms in total. The number of carbonyl (C=O) groups is 1. The van der Waals surface area contributed by atoms with Crippen LogP contribution in [0.2, 0.25) is 0 Å². The highest BCUT2D eigenvalue weighted by atomic mass is 32.1. The Morgan fingerprint density at radius 3 is 2.39 bits per heavy atom. The van der Waals surface area contributed by atoms with Crippen LogP contribution in [0.3, 0.4) is 0 Å². The van der Waals surface area contributed by atoms with Gasteiger partial charge >= 0.3 is 0 Å². The summed E-state index contributed by atoms with van der Waals surface area (Å²) in [7, 11) is 4.60. The molecular formula is C14H16N4O4S. The van der Waals surface area contributed by atoms with Crippen LogP contribution in [-0.4, -0.2) is 43.0 Å². The average molecular weight is 336 g/mol. The molecule has 2 rings (SSSR count). The number of hydrazone groups is 1. The highest BCUT2D eigenvalue weighted by Crippen LogP contribution is 2.33. The number of nitrogens with one attached hydrogen (secondary N) is 1. The van der Waals surface area contributed by atoms with Gasteiger partial charge in [0.25, 0.3) is 5.91 Å². The van der Waals surface area contributed by atoms with Crippen molar-refractivity contribution in [3.63, 3.8) is 0 Å². The molecule has 1 heterocycles. The lowest BCUT2D eigenvalue weighted by Crippen LogP contribution is -2.17. The summed E-state index contributed by atoms with van der Waals surface area (Å²) in [6, 6.07) is 3.38. The highest BCUT2D eigenvalue weighted by molar-refractivity contribution is 7.07. The Kier molecular flexibility index (Phi) is 5.47. The van der Waals surface area contributed by atoms with Crippen LogP contribution < -0.4 is 19.6 Å². The maximum absolute atomic E-state index is 11.9. The molecule has 0 aliphatic heterocycles. The number of amides is 1. The van der Waals surface area contributed by atoms with Crippen molar-refractivity contribution in [3.8, 4) is 17.2 Å². The van der Waals surface area contributed by atoms with E-state index in [1.807, 2.05) is 0 Å². The minimum absolute atomic E-state index is 0.367. The molecule has 1 N–H and O–H groups in total. The molecule has 9 heteroatoms. The molecule has 1 aromatic carbocycles. The average Bonchev–Trinajstić information content (AvgIpc) is 3.00. The van der Waals surface area contributed by atoms with Crippen LogP contribution in [0.15, 0.2) is 17.2 Å². The number of methoxy groups -OCH3 is 3. The maximum atomic E-state index is 11.9. The van der Waals surface area contributed by atoms with Gasteiger partial charge in [0.2, 0.25) is 0 Å². The largest absolute Gasteiger partial charge is 0.496 e. The molecule has 0 radical (unpaired) electrons. The number of benzene rings is 1. The number of aromatic nitrogens is 2. The molecule has 0 saturated heterocycles. The lowest BCUT2D eigenvalue weighted by molar-refractivity contribution is 0.0958. The quantitative estimate of drug-likeness (QED) is 0.636. The Morgan fingerprint density at radius 1 is 1.17 bits per heavy atom. The van der Waals surface area contributed by atoms with Gasteiger partial charge < -0.3 is 14.2 Å². The third-order valence-electron chi connectivity index (χ3n) is 2.96. The second-order valence-electron chi connectivity index (χ2n) is 4.34. The van der Waals surface area contributed by atoms with Gasteiger partial charge in [-0.2, -0.15) is 5.10 Å². The smallest absolute Gasteiger partial charge is 0.285 e. The first-order chi connectivity index (χ1) is 11.1. The van der Waals surface area contributed by atoms with E-state index in [1.165, 1.54) is 27.5 Å². The van der Waals surface area contributed by atoms with Crippen LogP contribution >= 0.6 is 11.5 Å². The van der Waals surface area contributed by atoms with Gasteiger partial charge in [-0.25, -0.2) is 5.43 Å². The van der Waals surface area contributed by atoms with Crippen LogP contribution in [0, 0.1) is 6.92 Å². The van der Waals surface area contributed by atoms with E-state index in [4.69, 9.17) is 14.2 Å². The molecule has 1 amide bonds. The molecule has 1 aromatic heterocycles. The number of nitrogens with zero attached hydrogens (tertiary/aromatic N) is 3. The minimum atomic E-state index is -0.367. The summed E-state index contributed by atoms with van der Waals surface area (Å²) in [5, 5.41) is 7.71. The van der Waals surface area contributed by atoms with E-state index in [0.29, 0.717) is 33.4 Å². The van der Waals surface area contributed by atoms with Crippen LogP contribution in [0.25, 0.3) is 0 Å². The van der Waals surface area contributed by atoms with Crippen molar-refractivity contribution in [2.45, 2.75) is 6.92 Å². The SMILES string of the molecule is COc1cc(OC)c(OC)cc1/C=N/NC(=O)c1snnc1C. The van der Waals surface area contributed by atoms with Gasteiger partial charge in [0.15, 0.2) is 11.5 Å². The van der Waals surface area contributed by atoms with E-state index < -0.39 is 0 Å². The van der Waals surface area contributed by atoms with E-state index in [0.717, 1.165) is 11.5 Å². The molecular weight excluding hydrogens is 320 g/mol.